The number of nitrogens with one attached hydrogen (secondary N) is 1. The van der Waals surface area contributed by atoms with Gasteiger partial charge in [-0.1, -0.05) is 0 Å². The summed E-state index contributed by atoms with van der Waals surface area (Å²) in [5, 5.41) is 29.6. The number of amides is 1. The minimum atomic E-state index is -0.435. The molecule has 0 saturated heterocycles. The van der Waals surface area contributed by atoms with Crippen LogP contribution in [0, 0.1) is 11.3 Å². The van der Waals surface area contributed by atoms with Gasteiger partial charge in [-0.05, 0) is 31.0 Å². The van der Waals surface area contributed by atoms with E-state index in [4.69, 9.17) is 5.26 Å². The van der Waals surface area contributed by atoms with Gasteiger partial charge in [0.05, 0.1) is 11.6 Å². The molecule has 90 valence electrons. The SMILES string of the molecule is N#CCCCCNC(=O)c1cc(O)ccc1O. The quantitative estimate of drug-likeness (QED) is 0.532. The van der Waals surface area contributed by atoms with Crippen molar-refractivity contribution in [1.82, 2.24) is 5.32 Å². The first-order valence-electron chi connectivity index (χ1n) is 5.32. The van der Waals surface area contributed by atoms with Crippen LogP contribution in [0.2, 0.25) is 0 Å². The summed E-state index contributed by atoms with van der Waals surface area (Å²) in [6.07, 6.45) is 1.90. The van der Waals surface area contributed by atoms with E-state index in [1.165, 1.54) is 18.2 Å². The summed E-state index contributed by atoms with van der Waals surface area (Å²) in [7, 11) is 0. The molecule has 0 unspecified atom stereocenters. The molecular formula is C12H14N2O3. The predicted octanol–water partition coefficient (Wildman–Crippen LogP) is 1.52. The maximum absolute atomic E-state index is 11.6. The number of nitriles is 1. The molecule has 1 amide bonds. The number of carbonyl (C=O) groups is 1. The van der Waals surface area contributed by atoms with Crippen molar-refractivity contribution in [1.29, 1.82) is 5.26 Å². The molecule has 1 rings (SSSR count). The van der Waals surface area contributed by atoms with E-state index in [2.05, 4.69) is 5.32 Å². The molecule has 0 aliphatic carbocycles. The summed E-state index contributed by atoms with van der Waals surface area (Å²) < 4.78 is 0. The number of phenolic OH excluding ortho intramolecular Hbond substituents is 2. The average Bonchev–Trinajstić information content (AvgIpc) is 2.32. The van der Waals surface area contributed by atoms with E-state index in [9.17, 15) is 15.0 Å². The standard InChI is InChI=1S/C12H14N2O3/c13-6-2-1-3-7-14-12(17)10-8-9(15)4-5-11(10)16/h4-5,8,15-16H,1-3,7H2,(H,14,17). The molecule has 0 heterocycles. The third-order valence-corrected chi connectivity index (χ3v) is 2.23. The third kappa shape index (κ3) is 4.03. The Hall–Kier alpha value is -2.22. The van der Waals surface area contributed by atoms with Gasteiger partial charge in [-0.2, -0.15) is 5.26 Å². The Morgan fingerprint density at radius 3 is 2.82 bits per heavy atom. The van der Waals surface area contributed by atoms with E-state index < -0.39 is 5.91 Å². The van der Waals surface area contributed by atoms with Crippen LogP contribution in [0.4, 0.5) is 0 Å². The van der Waals surface area contributed by atoms with E-state index in [0.717, 1.165) is 6.42 Å². The summed E-state index contributed by atoms with van der Waals surface area (Å²) in [5.41, 5.74) is 0.0466. The fourth-order valence-corrected chi connectivity index (χ4v) is 1.33. The van der Waals surface area contributed by atoms with Crippen molar-refractivity contribution in [2.75, 3.05) is 6.54 Å². The normalized spacial score (nSPS) is 9.59. The molecular weight excluding hydrogens is 220 g/mol. The van der Waals surface area contributed by atoms with E-state index in [1.54, 1.807) is 0 Å². The van der Waals surface area contributed by atoms with Crippen LogP contribution in [0.3, 0.4) is 0 Å². The zero-order chi connectivity index (χ0) is 12.7. The maximum atomic E-state index is 11.6. The molecule has 5 nitrogen and oxygen atoms in total. The molecule has 0 aliphatic heterocycles. The number of benzene rings is 1. The molecule has 3 N–H and O–H groups in total. The van der Waals surface area contributed by atoms with Crippen LogP contribution in [-0.4, -0.2) is 22.7 Å². The molecule has 0 saturated carbocycles. The minimum Gasteiger partial charge on any atom is -0.508 e. The Kier molecular flexibility index (Phi) is 4.82. The van der Waals surface area contributed by atoms with Gasteiger partial charge in [0.25, 0.3) is 5.91 Å². The van der Waals surface area contributed by atoms with Gasteiger partial charge in [-0.3, -0.25) is 4.79 Å². The first-order chi connectivity index (χ1) is 8.15. The van der Waals surface area contributed by atoms with Crippen LogP contribution >= 0.6 is 0 Å². The van der Waals surface area contributed by atoms with Crippen molar-refractivity contribution < 1.29 is 15.0 Å². The van der Waals surface area contributed by atoms with Gasteiger partial charge in [-0.25, -0.2) is 0 Å². The van der Waals surface area contributed by atoms with E-state index in [1.807, 2.05) is 6.07 Å². The smallest absolute Gasteiger partial charge is 0.255 e. The lowest BCUT2D eigenvalue weighted by Crippen LogP contribution is -2.24. The second-order valence-electron chi connectivity index (χ2n) is 3.57. The van der Waals surface area contributed by atoms with Crippen LogP contribution in [0.15, 0.2) is 18.2 Å². The highest BCUT2D eigenvalue weighted by molar-refractivity contribution is 5.97. The van der Waals surface area contributed by atoms with Gasteiger partial charge in [0.2, 0.25) is 0 Å². The van der Waals surface area contributed by atoms with Crippen LogP contribution in [-0.2, 0) is 0 Å². The second-order valence-corrected chi connectivity index (χ2v) is 3.57. The number of hydrogen-bond donors (Lipinski definition) is 3. The first kappa shape index (κ1) is 12.8. The first-order valence-corrected chi connectivity index (χ1v) is 5.32. The summed E-state index contributed by atoms with van der Waals surface area (Å²) in [6, 6.07) is 5.80. The number of aromatic hydroxyl groups is 2. The molecule has 0 fully saturated rings. The molecule has 0 spiro atoms. The number of nitrogens with zero attached hydrogens (tertiary/aromatic N) is 1. The summed E-state index contributed by atoms with van der Waals surface area (Å²) in [5.74, 6) is -0.676. The van der Waals surface area contributed by atoms with Crippen molar-refractivity contribution in [2.45, 2.75) is 19.3 Å². The fourth-order valence-electron chi connectivity index (χ4n) is 1.33. The Morgan fingerprint density at radius 1 is 1.35 bits per heavy atom. The Balaban J connectivity index is 2.47. The Morgan fingerprint density at radius 2 is 2.12 bits per heavy atom. The molecule has 1 aromatic carbocycles. The van der Waals surface area contributed by atoms with Crippen LogP contribution < -0.4 is 5.32 Å². The van der Waals surface area contributed by atoms with Crippen molar-refractivity contribution in [3.8, 4) is 17.6 Å². The molecule has 0 radical (unpaired) electrons. The van der Waals surface area contributed by atoms with Gasteiger partial charge in [0.15, 0.2) is 0 Å². The number of rotatable bonds is 5. The molecule has 5 heteroatoms. The lowest BCUT2D eigenvalue weighted by molar-refractivity contribution is 0.0950. The minimum absolute atomic E-state index is 0.0466. The van der Waals surface area contributed by atoms with Gasteiger partial charge >= 0.3 is 0 Å². The largest absolute Gasteiger partial charge is 0.508 e. The molecule has 0 atom stereocenters. The number of hydrogen-bond acceptors (Lipinski definition) is 4. The molecule has 0 aliphatic rings. The van der Waals surface area contributed by atoms with E-state index >= 15 is 0 Å². The number of unbranched alkanes of at least 4 members (excludes halogenated alkanes) is 2. The summed E-state index contributed by atoms with van der Waals surface area (Å²) in [6.45, 7) is 0.440. The van der Waals surface area contributed by atoms with Gasteiger partial charge in [0, 0.05) is 13.0 Å². The fraction of sp³-hybridized carbons (Fsp3) is 0.333. The van der Waals surface area contributed by atoms with Gasteiger partial charge in [0.1, 0.15) is 11.5 Å². The lowest BCUT2D eigenvalue weighted by atomic mass is 10.1. The second kappa shape index (κ2) is 6.38. The lowest BCUT2D eigenvalue weighted by Gasteiger charge is -2.06. The molecule has 1 aromatic rings. The van der Waals surface area contributed by atoms with Gasteiger partial charge < -0.3 is 15.5 Å². The highest BCUT2D eigenvalue weighted by atomic mass is 16.3. The monoisotopic (exact) mass is 234 g/mol. The summed E-state index contributed by atoms with van der Waals surface area (Å²) >= 11 is 0. The predicted molar refractivity (Wildman–Crippen MR) is 61.6 cm³/mol. The van der Waals surface area contributed by atoms with Gasteiger partial charge in [-0.15, -0.1) is 0 Å². The van der Waals surface area contributed by atoms with Crippen molar-refractivity contribution in [2.24, 2.45) is 0 Å². The number of phenols is 2. The van der Waals surface area contributed by atoms with Crippen LogP contribution in [0.5, 0.6) is 11.5 Å². The summed E-state index contributed by atoms with van der Waals surface area (Å²) in [4.78, 5) is 11.6. The molecule has 17 heavy (non-hydrogen) atoms. The Labute approximate surface area is 99.3 Å². The zero-order valence-corrected chi connectivity index (χ0v) is 9.31. The van der Waals surface area contributed by atoms with E-state index in [-0.39, 0.29) is 17.1 Å². The highest BCUT2D eigenvalue weighted by Gasteiger charge is 2.10. The van der Waals surface area contributed by atoms with Crippen LogP contribution in [0.1, 0.15) is 29.6 Å². The zero-order valence-electron chi connectivity index (χ0n) is 9.31. The topological polar surface area (TPSA) is 93.4 Å². The molecule has 0 bridgehead atoms. The number of carbonyl (C=O) groups excluding carboxylic acids is 1. The van der Waals surface area contributed by atoms with Crippen molar-refractivity contribution >= 4 is 5.91 Å². The molecule has 0 aromatic heterocycles. The van der Waals surface area contributed by atoms with Crippen LogP contribution in [0.25, 0.3) is 0 Å². The highest BCUT2D eigenvalue weighted by Crippen LogP contribution is 2.21. The van der Waals surface area contributed by atoms with Crippen molar-refractivity contribution in [3.63, 3.8) is 0 Å². The van der Waals surface area contributed by atoms with E-state index in [0.29, 0.717) is 19.4 Å². The third-order valence-electron chi connectivity index (χ3n) is 2.23. The van der Waals surface area contributed by atoms with Crippen molar-refractivity contribution in [3.05, 3.63) is 23.8 Å². The maximum Gasteiger partial charge on any atom is 0.255 e. The Bertz CT molecular complexity index is 438. The average molecular weight is 234 g/mol.